The number of hydrogen-bond acceptors (Lipinski definition) is 2. The number of aromatic nitrogens is 3. The topological polar surface area (TPSA) is 30.7 Å². The molecule has 0 aliphatic rings. The van der Waals surface area contributed by atoms with Crippen molar-refractivity contribution in [1.29, 1.82) is 0 Å². The van der Waals surface area contributed by atoms with Gasteiger partial charge in [0.15, 0.2) is 0 Å². The van der Waals surface area contributed by atoms with Gasteiger partial charge in [-0.05, 0) is 87.0 Å². The summed E-state index contributed by atoms with van der Waals surface area (Å²) in [6.45, 7) is 9.05. The number of benzene rings is 5. The van der Waals surface area contributed by atoms with Gasteiger partial charge in [-0.15, -0.1) is 65.2 Å². The summed E-state index contributed by atoms with van der Waals surface area (Å²) in [5.41, 5.74) is 9.23. The molecule has 0 amide bonds. The number of hydrogen-bond donors (Lipinski definition) is 0. The van der Waals surface area contributed by atoms with E-state index in [1.54, 1.807) is 24.5 Å². The number of para-hydroxylation sites is 1. The molecule has 1 radical (unpaired) electrons. The van der Waals surface area contributed by atoms with Gasteiger partial charge in [0.05, 0.1) is 0 Å². The molecule has 0 unspecified atom stereocenters. The van der Waals surface area contributed by atoms with Gasteiger partial charge in [0.2, 0.25) is 0 Å². The molecule has 0 aliphatic carbocycles. The minimum absolute atomic E-state index is 0. The first-order valence-corrected chi connectivity index (χ1v) is 18.6. The largest absolute Gasteiger partial charge is 0.344 e. The molecule has 0 atom stereocenters. The monoisotopic (exact) mass is 917 g/mol. The van der Waals surface area contributed by atoms with E-state index in [9.17, 15) is 0 Å². The zero-order valence-electron chi connectivity index (χ0n) is 40.0. The second-order valence-electron chi connectivity index (χ2n) is 15.9. The van der Waals surface area contributed by atoms with Crippen molar-refractivity contribution in [2.24, 2.45) is 17.9 Å². The molecule has 3 aromatic heterocycles. The second-order valence-corrected chi connectivity index (χ2v) is 15.9. The molecule has 0 spiro atoms. The van der Waals surface area contributed by atoms with Gasteiger partial charge >= 0.3 is 0 Å². The van der Waals surface area contributed by atoms with E-state index in [2.05, 4.69) is 44.9 Å². The molecule has 285 valence electrons. The average molecular weight is 917 g/mol. The van der Waals surface area contributed by atoms with Gasteiger partial charge in [-0.3, -0.25) is 0 Å². The number of fused-ring (bicyclic) bond motifs is 3. The van der Waals surface area contributed by atoms with E-state index in [4.69, 9.17) is 9.60 Å². The van der Waals surface area contributed by atoms with Gasteiger partial charge in [0, 0.05) is 70.9 Å². The van der Waals surface area contributed by atoms with Gasteiger partial charge in [0.25, 0.3) is 0 Å². The molecule has 0 aliphatic heterocycles. The smallest absolute Gasteiger partial charge is 0.0489 e. The Bertz CT molecular complexity index is 2850. The van der Waals surface area contributed by atoms with Gasteiger partial charge in [0.1, 0.15) is 0 Å². The fraction of sp³-hybridized carbons (Fsp3) is 0.231. The van der Waals surface area contributed by atoms with E-state index in [1.165, 1.54) is 6.07 Å². The molecular formula is C52H51IrN3-2. The van der Waals surface area contributed by atoms with Crippen LogP contribution in [0.4, 0.5) is 0 Å². The molecule has 0 saturated carbocycles. The van der Waals surface area contributed by atoms with Crippen molar-refractivity contribution in [3.05, 3.63) is 169 Å². The maximum Gasteiger partial charge on any atom is 0.0489 e. The van der Waals surface area contributed by atoms with Gasteiger partial charge < -0.3 is 14.5 Å². The Hall–Kier alpha value is -5.15. The summed E-state index contributed by atoms with van der Waals surface area (Å²) in [4.78, 5) is 8.97. The van der Waals surface area contributed by atoms with Crippen LogP contribution in [0.25, 0.3) is 66.6 Å². The summed E-state index contributed by atoms with van der Waals surface area (Å²) in [6.07, 6.45) is 0.433. The summed E-state index contributed by atoms with van der Waals surface area (Å²) in [7, 11) is 2.03. The Morgan fingerprint density at radius 1 is 0.625 bits per heavy atom. The van der Waals surface area contributed by atoms with Gasteiger partial charge in [-0.1, -0.05) is 121 Å². The van der Waals surface area contributed by atoms with Crippen molar-refractivity contribution in [3.8, 4) is 44.8 Å². The first-order chi connectivity index (χ1) is 29.1. The third kappa shape index (κ3) is 9.62. The Labute approximate surface area is 357 Å². The van der Waals surface area contributed by atoms with E-state index in [0.29, 0.717) is 27.9 Å². The molecule has 0 bridgehead atoms. The van der Waals surface area contributed by atoms with E-state index >= 15 is 0 Å². The van der Waals surface area contributed by atoms with Crippen molar-refractivity contribution in [1.82, 2.24) is 14.5 Å². The minimum Gasteiger partial charge on any atom is -0.344 e. The standard InChI is InChI=1S/C30H29N2.C22H22N.Ir/c1-20-10-12-23(27-14-11-21(19-31-27)18-30(2,3)4)17-25(20)22-13-15-29-26(16-22)24-8-6-7-9-28(24)32(29)5;1-22(2,3)16-17-9-11-18(12-10-17)20-13-14-23-21(15-20)19-7-5-4-6-8-19;/h6-11,13-17,19H,18H2,1-5H3;4-7,9-15H,16H2,1-3H3;/q2*-1;/i1D3,18D2;16D2;. The molecule has 0 N–H and O–H groups in total. The Morgan fingerprint density at radius 3 is 2.02 bits per heavy atom. The fourth-order valence-corrected chi connectivity index (χ4v) is 6.76. The SMILES string of the molecule is [2H]C([2H])([2H])c1c[c-]c(-c2ccc(C([2H])([2H])C(C)(C)C)cn2)cc1-c1ccc2c(c1)c1ccccc1n2C.[2H]C([2H])(c1ccc(-c2ccnc(-c3[c-]cccc3)c2)cc1)C(C)(C)C.[Ir]. The van der Waals surface area contributed by atoms with Gasteiger partial charge in [-0.25, -0.2) is 0 Å². The van der Waals surface area contributed by atoms with Crippen LogP contribution < -0.4 is 0 Å². The van der Waals surface area contributed by atoms with E-state index in [0.717, 1.165) is 49.8 Å². The summed E-state index contributed by atoms with van der Waals surface area (Å²) in [6, 6.07) is 47.0. The maximum atomic E-state index is 8.52. The first-order valence-electron chi connectivity index (χ1n) is 22.1. The van der Waals surface area contributed by atoms with Crippen LogP contribution in [0.5, 0.6) is 0 Å². The Morgan fingerprint density at radius 2 is 1.32 bits per heavy atom. The zero-order valence-corrected chi connectivity index (χ0v) is 35.3. The molecule has 5 aromatic carbocycles. The van der Waals surface area contributed by atoms with Crippen molar-refractivity contribution < 1.29 is 29.7 Å². The number of aryl methyl sites for hydroxylation is 2. The normalized spacial score (nSPS) is 14.2. The first kappa shape index (κ1) is 32.0. The third-order valence-electron chi connectivity index (χ3n) is 9.22. The molecule has 56 heavy (non-hydrogen) atoms. The van der Waals surface area contributed by atoms with Crippen LogP contribution in [0, 0.1) is 29.8 Å². The van der Waals surface area contributed by atoms with Crippen LogP contribution in [0.3, 0.4) is 0 Å². The Balaban J connectivity index is 0.000000222. The molecule has 8 rings (SSSR count). The maximum absolute atomic E-state index is 8.52. The van der Waals surface area contributed by atoms with E-state index in [1.807, 2.05) is 140 Å². The molecule has 4 heteroatoms. The summed E-state index contributed by atoms with van der Waals surface area (Å²) >= 11 is 0. The average Bonchev–Trinajstić information content (AvgIpc) is 3.53. The van der Waals surface area contributed by atoms with Crippen LogP contribution in [0.1, 0.15) is 67.8 Å². The second kappa shape index (κ2) is 16.9. The van der Waals surface area contributed by atoms with Crippen molar-refractivity contribution in [2.75, 3.05) is 0 Å². The molecule has 3 nitrogen and oxygen atoms in total. The molecular weight excluding hydrogens is 859 g/mol. The number of rotatable bonds is 6. The predicted octanol–water partition coefficient (Wildman–Crippen LogP) is 13.6. The van der Waals surface area contributed by atoms with Crippen LogP contribution in [0.2, 0.25) is 0 Å². The molecule has 8 aromatic rings. The van der Waals surface area contributed by atoms with E-state index < -0.39 is 30.4 Å². The predicted molar refractivity (Wildman–Crippen MR) is 233 cm³/mol. The molecule has 3 heterocycles. The Kier molecular flexibility index (Phi) is 9.66. The van der Waals surface area contributed by atoms with Crippen molar-refractivity contribution in [3.63, 3.8) is 0 Å². The fourth-order valence-electron chi connectivity index (χ4n) is 6.76. The van der Waals surface area contributed by atoms with Crippen LogP contribution >= 0.6 is 0 Å². The van der Waals surface area contributed by atoms with Crippen LogP contribution in [-0.4, -0.2) is 14.5 Å². The summed E-state index contributed by atoms with van der Waals surface area (Å²) < 4.78 is 60.4. The zero-order chi connectivity index (χ0) is 44.8. The van der Waals surface area contributed by atoms with Crippen LogP contribution in [0.15, 0.2) is 140 Å². The van der Waals surface area contributed by atoms with E-state index in [-0.39, 0.29) is 25.7 Å². The molecule has 0 saturated heterocycles. The van der Waals surface area contributed by atoms with Gasteiger partial charge in [-0.2, -0.15) is 0 Å². The quantitative estimate of drug-likeness (QED) is 0.156. The van der Waals surface area contributed by atoms with Crippen molar-refractivity contribution >= 4 is 21.8 Å². The number of pyridine rings is 2. The van der Waals surface area contributed by atoms with Crippen LogP contribution in [-0.2, 0) is 39.9 Å². The minimum atomic E-state index is -2.31. The molecule has 0 fully saturated rings. The third-order valence-corrected chi connectivity index (χ3v) is 9.22. The summed E-state index contributed by atoms with van der Waals surface area (Å²) in [5.74, 6) is 0. The number of nitrogens with zero attached hydrogens (tertiary/aromatic N) is 3. The van der Waals surface area contributed by atoms with Crippen molar-refractivity contribution in [2.45, 2.75) is 61.1 Å². The summed E-state index contributed by atoms with van der Waals surface area (Å²) in [5, 5.41) is 2.18.